The maximum Gasteiger partial charge on any atom is 0.329 e. The molecule has 4 rings (SSSR count). The van der Waals surface area contributed by atoms with E-state index in [0.29, 0.717) is 24.9 Å². The summed E-state index contributed by atoms with van der Waals surface area (Å²) in [5, 5.41) is 8.82. The molecule has 0 aromatic rings. The Hall–Kier alpha value is -1.10. The van der Waals surface area contributed by atoms with Crippen molar-refractivity contribution in [1.82, 2.24) is 0 Å². The normalized spacial score (nSPS) is 43.2. The Morgan fingerprint density at radius 1 is 1.26 bits per heavy atom. The van der Waals surface area contributed by atoms with Gasteiger partial charge in [-0.25, -0.2) is 4.79 Å². The summed E-state index contributed by atoms with van der Waals surface area (Å²) in [7, 11) is 0. The Labute approximate surface area is 112 Å². The van der Waals surface area contributed by atoms with Gasteiger partial charge in [0.2, 0.25) is 0 Å². The van der Waals surface area contributed by atoms with Gasteiger partial charge in [0.05, 0.1) is 12.2 Å². The molecular weight excluding hydrogens is 248 g/mol. The number of ether oxygens (including phenoxy) is 2. The van der Waals surface area contributed by atoms with Crippen LogP contribution in [-0.4, -0.2) is 36.4 Å². The third-order valence-electron chi connectivity index (χ3n) is 5.09. The van der Waals surface area contributed by atoms with Crippen LogP contribution in [0.3, 0.4) is 0 Å². The predicted octanol–water partition coefficient (Wildman–Crippen LogP) is 1.60. The monoisotopic (exact) mass is 268 g/mol. The smallest absolute Gasteiger partial charge is 0.329 e. The molecule has 0 saturated heterocycles. The van der Waals surface area contributed by atoms with E-state index in [1.54, 1.807) is 0 Å². The first-order valence-electron chi connectivity index (χ1n) is 6.96. The van der Waals surface area contributed by atoms with E-state index in [2.05, 4.69) is 0 Å². The van der Waals surface area contributed by atoms with Gasteiger partial charge >= 0.3 is 5.97 Å². The second kappa shape index (κ2) is 4.47. The number of aliphatic carboxylic acids is 1. The molecule has 0 amide bonds. The topological polar surface area (TPSA) is 72.8 Å². The summed E-state index contributed by atoms with van der Waals surface area (Å²) in [6, 6.07) is 0. The summed E-state index contributed by atoms with van der Waals surface area (Å²) in [6.45, 7) is 0.759. The lowest BCUT2D eigenvalue weighted by atomic mass is 9.48. The van der Waals surface area contributed by atoms with Gasteiger partial charge in [0.1, 0.15) is 6.61 Å². The highest BCUT2D eigenvalue weighted by Crippen LogP contribution is 2.62. The van der Waals surface area contributed by atoms with Crippen molar-refractivity contribution < 1.29 is 24.2 Å². The van der Waals surface area contributed by atoms with E-state index in [1.807, 2.05) is 0 Å². The van der Waals surface area contributed by atoms with Crippen LogP contribution in [0.25, 0.3) is 0 Å². The van der Waals surface area contributed by atoms with E-state index in [9.17, 15) is 9.59 Å². The van der Waals surface area contributed by atoms with Crippen molar-refractivity contribution >= 4 is 12.4 Å². The van der Waals surface area contributed by atoms with Crippen molar-refractivity contribution in [2.75, 3.05) is 13.2 Å². The molecule has 0 radical (unpaired) electrons. The lowest BCUT2D eigenvalue weighted by Gasteiger charge is -2.61. The maximum absolute atomic E-state index is 10.7. The molecule has 0 spiro atoms. The molecule has 5 heteroatoms. The molecule has 2 atom stereocenters. The molecule has 19 heavy (non-hydrogen) atoms. The van der Waals surface area contributed by atoms with Gasteiger partial charge < -0.3 is 14.6 Å². The van der Waals surface area contributed by atoms with Crippen molar-refractivity contribution in [2.45, 2.75) is 44.1 Å². The van der Waals surface area contributed by atoms with Crippen LogP contribution in [0.1, 0.15) is 38.5 Å². The zero-order chi connectivity index (χ0) is 13.5. The third kappa shape index (κ3) is 2.36. The Balaban J connectivity index is 1.76. The molecule has 2 unspecified atom stereocenters. The van der Waals surface area contributed by atoms with Crippen molar-refractivity contribution in [3.05, 3.63) is 0 Å². The van der Waals surface area contributed by atoms with Gasteiger partial charge in [0, 0.05) is 5.41 Å². The largest absolute Gasteiger partial charge is 0.480 e. The summed E-state index contributed by atoms with van der Waals surface area (Å²) in [5.41, 5.74) is -0.252. The lowest BCUT2D eigenvalue weighted by Crippen LogP contribution is -2.58. The number of carbonyl (C=O) groups is 2. The average molecular weight is 268 g/mol. The zero-order valence-corrected chi connectivity index (χ0v) is 11.0. The van der Waals surface area contributed by atoms with Crippen molar-refractivity contribution in [1.29, 1.82) is 0 Å². The number of carboxylic acid groups (broad SMARTS) is 1. The minimum Gasteiger partial charge on any atom is -0.480 e. The number of rotatable bonds is 6. The van der Waals surface area contributed by atoms with Gasteiger partial charge in [0.25, 0.3) is 6.47 Å². The van der Waals surface area contributed by atoms with Crippen molar-refractivity contribution in [2.24, 2.45) is 17.3 Å². The van der Waals surface area contributed by atoms with Gasteiger partial charge in [-0.15, -0.1) is 0 Å². The van der Waals surface area contributed by atoms with Gasteiger partial charge in [-0.3, -0.25) is 4.79 Å². The molecule has 1 N–H and O–H groups in total. The van der Waals surface area contributed by atoms with E-state index in [4.69, 9.17) is 14.6 Å². The number of carbonyl (C=O) groups excluding carboxylic acids is 1. The number of carboxylic acids is 1. The first-order chi connectivity index (χ1) is 9.05. The first-order valence-corrected chi connectivity index (χ1v) is 6.96. The molecule has 106 valence electrons. The van der Waals surface area contributed by atoms with Crippen LogP contribution in [0.15, 0.2) is 0 Å². The summed E-state index contributed by atoms with van der Waals surface area (Å²) in [4.78, 5) is 21.2. The molecule has 4 aliphatic carbocycles. The van der Waals surface area contributed by atoms with Gasteiger partial charge in [-0.2, -0.15) is 0 Å². The van der Waals surface area contributed by atoms with Gasteiger partial charge in [0.15, 0.2) is 0 Å². The quantitative estimate of drug-likeness (QED) is 0.741. The maximum atomic E-state index is 10.7. The fourth-order valence-electron chi connectivity index (χ4n) is 5.13. The molecule has 4 aliphatic rings. The molecule has 0 aromatic heterocycles. The second-order valence-corrected chi connectivity index (χ2v) is 6.73. The highest BCUT2D eigenvalue weighted by molar-refractivity contribution is 5.68. The highest BCUT2D eigenvalue weighted by Gasteiger charge is 2.58. The second-order valence-electron chi connectivity index (χ2n) is 6.73. The molecule has 0 aliphatic heterocycles. The van der Waals surface area contributed by atoms with Crippen LogP contribution in [0, 0.1) is 17.3 Å². The molecule has 4 fully saturated rings. The van der Waals surface area contributed by atoms with Crippen molar-refractivity contribution in [3.8, 4) is 0 Å². The van der Waals surface area contributed by atoms with Gasteiger partial charge in [-0.1, -0.05) is 0 Å². The molecule has 0 aromatic carbocycles. The van der Waals surface area contributed by atoms with E-state index < -0.39 is 5.97 Å². The first kappa shape index (κ1) is 12.9. The molecule has 0 heterocycles. The highest BCUT2D eigenvalue weighted by atomic mass is 16.5. The summed E-state index contributed by atoms with van der Waals surface area (Å²) < 4.78 is 10.8. The SMILES string of the molecule is O=COCC12CC3CC(C1)CC(OCC(=O)O)(C3)C2. The molecular formula is C14H20O5. The van der Waals surface area contributed by atoms with Crippen LogP contribution >= 0.6 is 0 Å². The fraction of sp³-hybridized carbons (Fsp3) is 0.857. The van der Waals surface area contributed by atoms with E-state index in [0.717, 1.165) is 32.1 Å². The van der Waals surface area contributed by atoms with E-state index in [-0.39, 0.29) is 17.6 Å². The predicted molar refractivity (Wildman–Crippen MR) is 65.4 cm³/mol. The Kier molecular flexibility index (Phi) is 3.04. The van der Waals surface area contributed by atoms with Crippen LogP contribution in [0.2, 0.25) is 0 Å². The lowest BCUT2D eigenvalue weighted by molar-refractivity contribution is -0.208. The van der Waals surface area contributed by atoms with Crippen LogP contribution < -0.4 is 0 Å². The number of hydrogen-bond acceptors (Lipinski definition) is 4. The van der Waals surface area contributed by atoms with E-state index in [1.165, 1.54) is 6.42 Å². The molecule has 4 bridgehead atoms. The van der Waals surface area contributed by atoms with Crippen LogP contribution in [0.5, 0.6) is 0 Å². The Morgan fingerprint density at radius 2 is 1.95 bits per heavy atom. The van der Waals surface area contributed by atoms with Crippen LogP contribution in [-0.2, 0) is 19.1 Å². The zero-order valence-electron chi connectivity index (χ0n) is 11.0. The molecule has 4 saturated carbocycles. The molecule has 5 nitrogen and oxygen atoms in total. The van der Waals surface area contributed by atoms with E-state index >= 15 is 0 Å². The fourth-order valence-corrected chi connectivity index (χ4v) is 5.13. The Bertz CT molecular complexity index is 377. The summed E-state index contributed by atoms with van der Waals surface area (Å²) in [5.74, 6) is 0.296. The van der Waals surface area contributed by atoms with Crippen molar-refractivity contribution in [3.63, 3.8) is 0 Å². The minimum atomic E-state index is -0.908. The summed E-state index contributed by atoms with van der Waals surface area (Å²) >= 11 is 0. The number of hydrogen-bond donors (Lipinski definition) is 1. The third-order valence-corrected chi connectivity index (χ3v) is 5.09. The summed E-state index contributed by atoms with van der Waals surface area (Å²) in [6.07, 6.45) is 6.19. The van der Waals surface area contributed by atoms with Gasteiger partial charge in [-0.05, 0) is 50.4 Å². The Morgan fingerprint density at radius 3 is 2.53 bits per heavy atom. The average Bonchev–Trinajstić information content (AvgIpc) is 2.33. The standard InChI is InChI=1S/C14H20O5/c15-9-18-8-13-2-10-1-11(3-13)5-14(4-10,7-13)19-6-12(16)17/h9-11H,1-8H2,(H,16,17). The van der Waals surface area contributed by atoms with Crippen LogP contribution in [0.4, 0.5) is 0 Å². The minimum absolute atomic E-state index is 0.0312.